The van der Waals surface area contributed by atoms with E-state index >= 15 is 26.3 Å². The smallest absolute Gasteiger partial charge is 0.417 e. The Labute approximate surface area is 468 Å². The summed E-state index contributed by atoms with van der Waals surface area (Å²) in [4.78, 5) is 4.09. The number of alkyl halides is 6. The highest BCUT2D eigenvalue weighted by Crippen LogP contribution is 2.54. The Hall–Kier alpha value is -9.54. The Morgan fingerprint density at radius 3 is 1.09 bits per heavy atom. The first-order valence-electron chi connectivity index (χ1n) is 27.3. The van der Waals surface area contributed by atoms with Crippen LogP contribution >= 0.6 is 0 Å². The first kappa shape index (κ1) is 50.7. The molecule has 0 unspecified atom stereocenters. The van der Waals surface area contributed by atoms with Gasteiger partial charge in [0.25, 0.3) is 0 Å². The fourth-order valence-corrected chi connectivity index (χ4v) is 12.5. The number of benzene rings is 12. The van der Waals surface area contributed by atoms with E-state index in [9.17, 15) is 0 Å². The van der Waals surface area contributed by atoms with Gasteiger partial charge in [-0.1, -0.05) is 173 Å². The fraction of sp³-hybridized carbons (Fsp3) is 0.111. The second-order valence-electron chi connectivity index (χ2n) is 21.7. The summed E-state index contributed by atoms with van der Waals surface area (Å²) in [5.74, 6) is -0.0937. The van der Waals surface area contributed by atoms with Crippen molar-refractivity contribution >= 4 is 110 Å². The molecule has 0 atom stereocenters. The molecule has 12 aromatic carbocycles. The van der Waals surface area contributed by atoms with E-state index in [-0.39, 0.29) is 23.0 Å². The Bertz CT molecular complexity index is 4500. The van der Waals surface area contributed by atoms with Gasteiger partial charge in [0.1, 0.15) is 11.2 Å². The molecule has 2 aromatic heterocycles. The lowest BCUT2D eigenvalue weighted by atomic mass is 9.84. The number of hydrogen-bond acceptors (Lipinski definition) is 4. The third kappa shape index (κ3) is 8.13. The lowest BCUT2D eigenvalue weighted by Crippen LogP contribution is -2.15. The Kier molecular flexibility index (Phi) is 11.8. The second kappa shape index (κ2) is 19.1. The molecule has 0 aliphatic heterocycles. The number of halogens is 6. The van der Waals surface area contributed by atoms with E-state index in [1.165, 1.54) is 12.1 Å². The number of hydrogen-bond donors (Lipinski definition) is 0. The van der Waals surface area contributed by atoms with Gasteiger partial charge in [-0.25, -0.2) is 0 Å². The highest BCUT2D eigenvalue weighted by atomic mass is 19.4. The van der Waals surface area contributed by atoms with Crippen molar-refractivity contribution in [2.75, 3.05) is 9.80 Å². The Morgan fingerprint density at radius 2 is 0.695 bits per heavy atom. The van der Waals surface area contributed by atoms with Crippen molar-refractivity contribution in [3.63, 3.8) is 0 Å². The molecule has 0 fully saturated rings. The molecule has 0 radical (unpaired) electrons. The van der Waals surface area contributed by atoms with Crippen LogP contribution in [0.2, 0.25) is 0 Å². The van der Waals surface area contributed by atoms with Gasteiger partial charge in [0.15, 0.2) is 11.2 Å². The van der Waals surface area contributed by atoms with Crippen molar-refractivity contribution in [1.29, 1.82) is 0 Å². The normalized spacial score (nSPS) is 12.5. The van der Waals surface area contributed by atoms with Crippen LogP contribution in [0, 0.1) is 0 Å². The maximum atomic E-state index is 15.2. The summed E-state index contributed by atoms with van der Waals surface area (Å²) in [6, 6.07) is 66.3. The molecule has 0 amide bonds. The average Bonchev–Trinajstić information content (AvgIpc) is 2.36. The van der Waals surface area contributed by atoms with E-state index in [0.29, 0.717) is 67.6 Å². The number of furan rings is 2. The van der Waals surface area contributed by atoms with Crippen molar-refractivity contribution in [2.45, 2.75) is 51.9 Å². The number of anilines is 6. The van der Waals surface area contributed by atoms with Gasteiger partial charge < -0.3 is 18.6 Å². The van der Waals surface area contributed by atoms with Crippen molar-refractivity contribution in [3.05, 3.63) is 241 Å². The highest BCUT2D eigenvalue weighted by Gasteiger charge is 2.37. The van der Waals surface area contributed by atoms with Crippen LogP contribution in [0.1, 0.15) is 61.8 Å². The minimum absolute atomic E-state index is 0.0265. The maximum Gasteiger partial charge on any atom is 0.417 e. The molecule has 4 nitrogen and oxygen atoms in total. The van der Waals surface area contributed by atoms with E-state index in [1.54, 1.807) is 84.9 Å². The summed E-state index contributed by atoms with van der Waals surface area (Å²) < 4.78 is 105. The van der Waals surface area contributed by atoms with Gasteiger partial charge in [0.2, 0.25) is 0 Å². The number of rotatable bonds is 10. The monoisotopic (exact) mass is 1090 g/mol. The molecule has 0 bridgehead atoms. The average molecular weight is 1090 g/mol. The predicted octanol–water partition coefficient (Wildman–Crippen LogP) is 22.9. The Morgan fingerprint density at radius 1 is 0.329 bits per heavy atom. The zero-order chi connectivity index (χ0) is 56.3. The second-order valence-corrected chi connectivity index (χ2v) is 21.7. The third-order valence-corrected chi connectivity index (χ3v) is 16.2. The van der Waals surface area contributed by atoms with Crippen molar-refractivity contribution < 1.29 is 35.2 Å². The summed E-state index contributed by atoms with van der Waals surface area (Å²) in [5, 5.41) is 8.98. The van der Waals surface area contributed by atoms with Crippen LogP contribution in [-0.2, 0) is 12.4 Å². The van der Waals surface area contributed by atoms with E-state index in [2.05, 4.69) is 64.1 Å². The minimum atomic E-state index is -4.66. The van der Waals surface area contributed by atoms with Gasteiger partial charge in [0, 0.05) is 43.7 Å². The van der Waals surface area contributed by atoms with Gasteiger partial charge in [-0.15, -0.1) is 0 Å². The molecule has 0 N–H and O–H groups in total. The van der Waals surface area contributed by atoms with Gasteiger partial charge in [-0.2, -0.15) is 26.3 Å². The van der Waals surface area contributed by atoms with Crippen molar-refractivity contribution in [1.82, 2.24) is 0 Å². The first-order valence-corrected chi connectivity index (χ1v) is 27.3. The molecular weight excluding hydrogens is 1040 g/mol. The standard InChI is InChI=1S/C72H50F6N2O2/c1-41(2)55-39-63(79(61-25-15-23-51-47-21-11-13-27-65(47)81-69(51)61)45-29-35-59(71(73,74)75)57(37-45)43-17-7-5-8-18-43)53-34-32-50-56(42(3)4)40-64(54-33-31-49(55)67(53)68(50)54)80(62-26-16-24-52-48-22-12-14-28-66(48)82-70(52)62)46-30-36-60(72(76,77)78)58(38-46)44-19-9-6-10-20-44/h5-42H,1-4H3. The predicted molar refractivity (Wildman–Crippen MR) is 323 cm³/mol. The summed E-state index contributed by atoms with van der Waals surface area (Å²) in [6.07, 6.45) is -9.32. The van der Waals surface area contributed by atoms with E-state index in [4.69, 9.17) is 8.83 Å². The third-order valence-electron chi connectivity index (χ3n) is 16.2. The zero-order valence-electron chi connectivity index (χ0n) is 44.9. The summed E-state index contributed by atoms with van der Waals surface area (Å²) in [5.41, 5.74) is 7.48. The van der Waals surface area contributed by atoms with Gasteiger partial charge in [-0.3, -0.25) is 0 Å². The van der Waals surface area contributed by atoms with Crippen molar-refractivity contribution in [2.24, 2.45) is 0 Å². The highest BCUT2D eigenvalue weighted by molar-refractivity contribution is 6.30. The summed E-state index contributed by atoms with van der Waals surface area (Å²) in [6.45, 7) is 8.56. The van der Waals surface area contributed by atoms with Crippen molar-refractivity contribution in [3.8, 4) is 22.3 Å². The molecule has 402 valence electrons. The Balaban J connectivity index is 1.11. The van der Waals surface area contributed by atoms with E-state index < -0.39 is 23.5 Å². The van der Waals surface area contributed by atoms with Crippen LogP contribution in [0.5, 0.6) is 0 Å². The molecule has 0 spiro atoms. The zero-order valence-corrected chi connectivity index (χ0v) is 44.9. The number of para-hydroxylation sites is 4. The molecular formula is C72H50F6N2O2. The largest absolute Gasteiger partial charge is 0.454 e. The van der Waals surface area contributed by atoms with Crippen LogP contribution < -0.4 is 9.80 Å². The van der Waals surface area contributed by atoms with Crippen LogP contribution in [0.3, 0.4) is 0 Å². The molecule has 0 saturated carbocycles. The molecule has 0 saturated heterocycles. The van der Waals surface area contributed by atoms with E-state index in [0.717, 1.165) is 65.0 Å². The lowest BCUT2D eigenvalue weighted by molar-refractivity contribution is -0.137. The van der Waals surface area contributed by atoms with E-state index in [1.807, 2.05) is 94.7 Å². The van der Waals surface area contributed by atoms with Crippen LogP contribution in [0.25, 0.3) is 98.4 Å². The summed E-state index contributed by atoms with van der Waals surface area (Å²) in [7, 11) is 0. The molecule has 2 heterocycles. The summed E-state index contributed by atoms with van der Waals surface area (Å²) >= 11 is 0. The maximum absolute atomic E-state index is 15.2. The molecule has 0 aliphatic carbocycles. The molecule has 0 aliphatic rings. The van der Waals surface area contributed by atoms with Gasteiger partial charge >= 0.3 is 12.4 Å². The fourth-order valence-electron chi connectivity index (χ4n) is 12.5. The topological polar surface area (TPSA) is 32.8 Å². The SMILES string of the molecule is CC(C)c1cc(N(c2ccc(C(F)(F)F)c(-c3ccccc3)c2)c2cccc3c2oc2ccccc23)c2ccc3c(C(C)C)cc(N(c4ccc(C(F)(F)F)c(-c5ccccc5)c4)c4cccc5c4oc4ccccc45)c4ccc1c2c34. The lowest BCUT2D eigenvalue weighted by Gasteiger charge is -2.32. The van der Waals surface area contributed by atoms with Gasteiger partial charge in [-0.05, 0) is 140 Å². The molecule has 14 aromatic rings. The quantitative estimate of drug-likeness (QED) is 0.101. The first-order chi connectivity index (χ1) is 39.6. The number of nitrogens with zero attached hydrogens (tertiary/aromatic N) is 2. The van der Waals surface area contributed by atoms with Crippen LogP contribution in [0.15, 0.2) is 227 Å². The molecule has 14 rings (SSSR count). The molecule has 82 heavy (non-hydrogen) atoms. The van der Waals surface area contributed by atoms with Gasteiger partial charge in [0.05, 0.1) is 33.9 Å². The molecule has 10 heteroatoms. The van der Waals surface area contributed by atoms with Crippen LogP contribution in [0.4, 0.5) is 60.5 Å². The van der Waals surface area contributed by atoms with Crippen LogP contribution in [-0.4, -0.2) is 0 Å². The minimum Gasteiger partial charge on any atom is -0.454 e. The number of fused-ring (bicyclic) bond motifs is 6.